The summed E-state index contributed by atoms with van der Waals surface area (Å²) in [5.41, 5.74) is 1.67. The first-order chi connectivity index (χ1) is 14.4. The minimum atomic E-state index is -0.514. The molecule has 3 N–H and O–H groups in total. The van der Waals surface area contributed by atoms with Gasteiger partial charge in [0.05, 0.1) is 32.3 Å². The molecule has 2 aliphatic heterocycles. The van der Waals surface area contributed by atoms with Gasteiger partial charge in [-0.15, -0.1) is 0 Å². The number of carbonyl (C=O) groups excluding carboxylic acids is 2. The van der Waals surface area contributed by atoms with Gasteiger partial charge in [-0.3, -0.25) is 9.59 Å². The van der Waals surface area contributed by atoms with Crippen molar-refractivity contribution in [2.45, 2.75) is 37.1 Å². The molecule has 1 aromatic rings. The molecule has 1 fully saturated rings. The highest BCUT2D eigenvalue weighted by atomic mass is 16.6. The minimum Gasteiger partial charge on any atom is -0.487 e. The van der Waals surface area contributed by atoms with Crippen molar-refractivity contribution >= 4 is 17.5 Å². The monoisotopic (exact) mass is 421 g/mol. The Morgan fingerprint density at radius 2 is 2.10 bits per heavy atom. The molecule has 0 unspecified atom stereocenters. The number of likely N-dealkylation sites (N-methyl/N-ethyl adjacent to an activating group) is 1. The third kappa shape index (κ3) is 5.48. The standard InChI is InChI=1S/C21H31N3O6/c1-24(2)11-20(27)23-13-4-5-17-15(8-13)16-9-14(10-19(26)22-6-7-28-3)29-18(12-25)21(16)30-17/h4-5,8,14,16,18,21,25H,6-7,9-12H2,1-3H3,(H,22,26)(H,23,27)/t14-,16+,18+,21-/m1/s1. The van der Waals surface area contributed by atoms with Crippen molar-refractivity contribution in [3.8, 4) is 5.75 Å². The maximum atomic E-state index is 12.2. The van der Waals surface area contributed by atoms with Gasteiger partial charge in [-0.1, -0.05) is 0 Å². The average molecular weight is 421 g/mol. The van der Waals surface area contributed by atoms with Gasteiger partial charge in [0.25, 0.3) is 0 Å². The maximum absolute atomic E-state index is 12.2. The normalized spacial score (nSPS) is 24.7. The van der Waals surface area contributed by atoms with E-state index in [-0.39, 0.29) is 43.0 Å². The number of methoxy groups -OCH3 is 1. The zero-order valence-electron chi connectivity index (χ0n) is 17.7. The van der Waals surface area contributed by atoms with Crippen LogP contribution in [-0.4, -0.2) is 87.6 Å². The molecule has 30 heavy (non-hydrogen) atoms. The van der Waals surface area contributed by atoms with Crippen molar-refractivity contribution in [2.24, 2.45) is 0 Å². The Kier molecular flexibility index (Phi) is 7.65. The molecule has 0 radical (unpaired) electrons. The lowest BCUT2D eigenvalue weighted by molar-refractivity contribution is -0.142. The van der Waals surface area contributed by atoms with E-state index in [2.05, 4.69) is 10.6 Å². The molecule has 2 amide bonds. The van der Waals surface area contributed by atoms with E-state index in [0.29, 0.717) is 31.8 Å². The molecule has 2 aliphatic rings. The fourth-order valence-electron chi connectivity index (χ4n) is 4.03. The van der Waals surface area contributed by atoms with Crippen LogP contribution in [0.5, 0.6) is 5.75 Å². The number of hydrogen-bond donors (Lipinski definition) is 3. The van der Waals surface area contributed by atoms with Crippen LogP contribution in [0.2, 0.25) is 0 Å². The first-order valence-corrected chi connectivity index (χ1v) is 10.2. The SMILES string of the molecule is COCCNC(=O)C[C@H]1C[C@H]2c3cc(NC(=O)CN(C)C)ccc3O[C@H]2[C@H](CO)O1. The van der Waals surface area contributed by atoms with Crippen LogP contribution in [0.25, 0.3) is 0 Å². The molecule has 166 valence electrons. The Balaban J connectivity index is 1.70. The summed E-state index contributed by atoms with van der Waals surface area (Å²) in [7, 11) is 5.25. The van der Waals surface area contributed by atoms with Crippen LogP contribution in [-0.2, 0) is 19.1 Å². The quantitative estimate of drug-likeness (QED) is 0.493. The van der Waals surface area contributed by atoms with E-state index in [1.54, 1.807) is 18.1 Å². The summed E-state index contributed by atoms with van der Waals surface area (Å²) in [6, 6.07) is 5.56. The second-order valence-corrected chi connectivity index (χ2v) is 7.99. The van der Waals surface area contributed by atoms with Crippen LogP contribution in [0.3, 0.4) is 0 Å². The molecular weight excluding hydrogens is 390 g/mol. The summed E-state index contributed by atoms with van der Waals surface area (Å²) in [4.78, 5) is 26.1. The summed E-state index contributed by atoms with van der Waals surface area (Å²) in [5, 5.41) is 15.5. The molecule has 9 nitrogen and oxygen atoms in total. The smallest absolute Gasteiger partial charge is 0.238 e. The summed E-state index contributed by atoms with van der Waals surface area (Å²) in [5.74, 6) is 0.494. The predicted molar refractivity (Wildman–Crippen MR) is 111 cm³/mol. The summed E-state index contributed by atoms with van der Waals surface area (Å²) in [6.07, 6.45) is -0.350. The molecule has 9 heteroatoms. The number of hydrogen-bond acceptors (Lipinski definition) is 7. The van der Waals surface area contributed by atoms with Crippen LogP contribution in [0.4, 0.5) is 5.69 Å². The molecule has 0 saturated carbocycles. The zero-order valence-corrected chi connectivity index (χ0v) is 17.7. The average Bonchev–Trinajstić information content (AvgIpc) is 3.05. The molecule has 2 heterocycles. The zero-order chi connectivity index (χ0) is 21.7. The molecular formula is C21H31N3O6. The Labute approximate surface area is 176 Å². The Hall–Kier alpha value is -2.20. The summed E-state index contributed by atoms with van der Waals surface area (Å²) < 4.78 is 16.9. The minimum absolute atomic E-state index is 0.0200. The molecule has 1 saturated heterocycles. The largest absolute Gasteiger partial charge is 0.487 e. The fourth-order valence-corrected chi connectivity index (χ4v) is 4.03. The lowest BCUT2D eigenvalue weighted by Gasteiger charge is -2.37. The first kappa shape index (κ1) is 22.5. The van der Waals surface area contributed by atoms with Crippen LogP contribution in [0, 0.1) is 0 Å². The van der Waals surface area contributed by atoms with E-state index >= 15 is 0 Å². The van der Waals surface area contributed by atoms with Gasteiger partial charge in [-0.05, 0) is 38.7 Å². The van der Waals surface area contributed by atoms with Crippen molar-refractivity contribution in [3.63, 3.8) is 0 Å². The Morgan fingerprint density at radius 3 is 2.80 bits per heavy atom. The van der Waals surface area contributed by atoms with Crippen molar-refractivity contribution in [3.05, 3.63) is 23.8 Å². The number of benzene rings is 1. The number of fused-ring (bicyclic) bond motifs is 3. The first-order valence-electron chi connectivity index (χ1n) is 10.2. The molecule has 0 bridgehead atoms. The second kappa shape index (κ2) is 10.2. The van der Waals surface area contributed by atoms with E-state index in [1.807, 2.05) is 26.2 Å². The van der Waals surface area contributed by atoms with E-state index in [0.717, 1.165) is 11.3 Å². The number of ether oxygens (including phenoxy) is 3. The topological polar surface area (TPSA) is 109 Å². The van der Waals surface area contributed by atoms with Crippen molar-refractivity contribution in [1.82, 2.24) is 10.2 Å². The summed E-state index contributed by atoms with van der Waals surface area (Å²) in [6.45, 7) is 0.994. The van der Waals surface area contributed by atoms with Gasteiger partial charge in [0, 0.05) is 30.8 Å². The molecule has 0 spiro atoms. The van der Waals surface area contributed by atoms with E-state index in [1.165, 1.54) is 0 Å². The van der Waals surface area contributed by atoms with Gasteiger partial charge < -0.3 is 34.9 Å². The van der Waals surface area contributed by atoms with Crippen LogP contribution in [0.1, 0.15) is 24.3 Å². The van der Waals surface area contributed by atoms with Crippen LogP contribution < -0.4 is 15.4 Å². The highest BCUT2D eigenvalue weighted by Gasteiger charge is 2.46. The van der Waals surface area contributed by atoms with Crippen molar-refractivity contribution in [1.29, 1.82) is 0 Å². The van der Waals surface area contributed by atoms with E-state index in [9.17, 15) is 14.7 Å². The lowest BCUT2D eigenvalue weighted by atomic mass is 9.84. The van der Waals surface area contributed by atoms with Gasteiger partial charge in [0.15, 0.2) is 0 Å². The molecule has 1 aromatic carbocycles. The second-order valence-electron chi connectivity index (χ2n) is 7.99. The highest BCUT2D eigenvalue weighted by Crippen LogP contribution is 2.47. The van der Waals surface area contributed by atoms with E-state index in [4.69, 9.17) is 14.2 Å². The number of anilines is 1. The number of aliphatic hydroxyl groups is 1. The number of amides is 2. The molecule has 3 rings (SSSR count). The van der Waals surface area contributed by atoms with Gasteiger partial charge in [-0.25, -0.2) is 0 Å². The molecule has 0 aliphatic carbocycles. The highest BCUT2D eigenvalue weighted by molar-refractivity contribution is 5.92. The Morgan fingerprint density at radius 1 is 1.30 bits per heavy atom. The third-order valence-electron chi connectivity index (χ3n) is 5.28. The number of nitrogens with zero attached hydrogens (tertiary/aromatic N) is 1. The maximum Gasteiger partial charge on any atom is 0.238 e. The van der Waals surface area contributed by atoms with Crippen LogP contribution in [0.15, 0.2) is 18.2 Å². The van der Waals surface area contributed by atoms with E-state index < -0.39 is 6.10 Å². The molecule has 4 atom stereocenters. The number of carbonyl (C=O) groups is 2. The Bertz CT molecular complexity index is 756. The number of rotatable bonds is 9. The van der Waals surface area contributed by atoms with Crippen LogP contribution >= 0.6 is 0 Å². The van der Waals surface area contributed by atoms with Gasteiger partial charge in [0.2, 0.25) is 11.8 Å². The summed E-state index contributed by atoms with van der Waals surface area (Å²) >= 11 is 0. The number of nitrogens with one attached hydrogen (secondary N) is 2. The predicted octanol–water partition coefficient (Wildman–Crippen LogP) is 0.334. The molecule has 0 aromatic heterocycles. The number of aliphatic hydroxyl groups excluding tert-OH is 1. The van der Waals surface area contributed by atoms with Gasteiger partial charge in [-0.2, -0.15) is 0 Å². The van der Waals surface area contributed by atoms with Gasteiger partial charge >= 0.3 is 0 Å². The van der Waals surface area contributed by atoms with Crippen molar-refractivity contribution < 1.29 is 28.9 Å². The lowest BCUT2D eigenvalue weighted by Crippen LogP contribution is -2.47. The third-order valence-corrected chi connectivity index (χ3v) is 5.28. The van der Waals surface area contributed by atoms with Gasteiger partial charge in [0.1, 0.15) is 18.0 Å². The fraction of sp³-hybridized carbons (Fsp3) is 0.619. The van der Waals surface area contributed by atoms with Crippen molar-refractivity contribution in [2.75, 3.05) is 52.8 Å².